The van der Waals surface area contributed by atoms with E-state index >= 15 is 0 Å². The molecule has 2 aliphatic heterocycles. The average Bonchev–Trinajstić information content (AvgIpc) is 2.49. The smallest absolute Gasteiger partial charge is 0.320 e. The zero-order valence-electron chi connectivity index (χ0n) is 13.4. The summed E-state index contributed by atoms with van der Waals surface area (Å²) in [6.07, 6.45) is 2.32. The molecular formula is C15H29N3O3. The van der Waals surface area contributed by atoms with Crippen LogP contribution in [-0.2, 0) is 14.3 Å². The first-order chi connectivity index (χ1) is 10.2. The second-order valence-corrected chi connectivity index (χ2v) is 6.06. The second-order valence-electron chi connectivity index (χ2n) is 6.06. The summed E-state index contributed by atoms with van der Waals surface area (Å²) >= 11 is 0. The van der Waals surface area contributed by atoms with Crippen molar-refractivity contribution in [3.05, 3.63) is 0 Å². The number of hydrogen-bond acceptors (Lipinski definition) is 6. The zero-order chi connectivity index (χ0) is 15.1. The molecule has 6 heteroatoms. The van der Waals surface area contributed by atoms with E-state index in [2.05, 4.69) is 21.7 Å². The van der Waals surface area contributed by atoms with E-state index in [-0.39, 0.29) is 5.97 Å². The maximum Gasteiger partial charge on any atom is 0.320 e. The van der Waals surface area contributed by atoms with Crippen LogP contribution in [0.2, 0.25) is 0 Å². The molecule has 0 aromatic rings. The van der Waals surface area contributed by atoms with Crippen LogP contribution < -0.4 is 0 Å². The SMILES string of the molecule is COCCOC(=O)CN1CCC(N2CCN(C)CC2)CC1. The summed E-state index contributed by atoms with van der Waals surface area (Å²) in [6, 6.07) is 0.694. The Labute approximate surface area is 128 Å². The van der Waals surface area contributed by atoms with Crippen LogP contribution in [0.15, 0.2) is 0 Å². The van der Waals surface area contributed by atoms with E-state index < -0.39 is 0 Å². The third-order valence-corrected chi connectivity index (χ3v) is 4.51. The molecule has 2 saturated heterocycles. The van der Waals surface area contributed by atoms with Crippen LogP contribution >= 0.6 is 0 Å². The predicted octanol–water partition coefficient (Wildman–Crippen LogP) is -0.112. The van der Waals surface area contributed by atoms with Crippen molar-refractivity contribution in [1.82, 2.24) is 14.7 Å². The molecule has 0 bridgehead atoms. The number of rotatable bonds is 6. The van der Waals surface area contributed by atoms with Crippen molar-refractivity contribution in [3.63, 3.8) is 0 Å². The monoisotopic (exact) mass is 299 g/mol. The molecular weight excluding hydrogens is 270 g/mol. The topological polar surface area (TPSA) is 45.3 Å². The number of piperazine rings is 1. The molecule has 2 heterocycles. The highest BCUT2D eigenvalue weighted by Gasteiger charge is 2.27. The summed E-state index contributed by atoms with van der Waals surface area (Å²) in [5, 5.41) is 0. The van der Waals surface area contributed by atoms with Crippen molar-refractivity contribution in [1.29, 1.82) is 0 Å². The molecule has 0 saturated carbocycles. The van der Waals surface area contributed by atoms with Crippen molar-refractivity contribution < 1.29 is 14.3 Å². The Morgan fingerprint density at radius 3 is 2.33 bits per heavy atom. The number of likely N-dealkylation sites (N-methyl/N-ethyl adjacent to an activating group) is 1. The number of likely N-dealkylation sites (tertiary alicyclic amines) is 1. The van der Waals surface area contributed by atoms with Crippen LogP contribution in [0.4, 0.5) is 0 Å². The third-order valence-electron chi connectivity index (χ3n) is 4.51. The van der Waals surface area contributed by atoms with Crippen LogP contribution in [0.1, 0.15) is 12.8 Å². The van der Waals surface area contributed by atoms with Crippen LogP contribution in [0.25, 0.3) is 0 Å². The fourth-order valence-corrected chi connectivity index (χ4v) is 3.10. The van der Waals surface area contributed by atoms with E-state index in [0.29, 0.717) is 25.8 Å². The molecule has 0 unspecified atom stereocenters. The molecule has 0 N–H and O–H groups in total. The van der Waals surface area contributed by atoms with E-state index in [0.717, 1.165) is 25.9 Å². The number of piperidine rings is 1. The molecule has 0 aliphatic carbocycles. The first-order valence-electron chi connectivity index (χ1n) is 7.98. The Balaban J connectivity index is 1.62. The highest BCUT2D eigenvalue weighted by atomic mass is 16.6. The number of carbonyl (C=O) groups excluding carboxylic acids is 1. The van der Waals surface area contributed by atoms with Crippen molar-refractivity contribution in [2.75, 3.05) is 73.2 Å². The molecule has 2 rings (SSSR count). The van der Waals surface area contributed by atoms with Gasteiger partial charge in [-0.15, -0.1) is 0 Å². The van der Waals surface area contributed by atoms with Crippen LogP contribution in [0.5, 0.6) is 0 Å². The number of carbonyl (C=O) groups is 1. The summed E-state index contributed by atoms with van der Waals surface area (Å²) in [5.41, 5.74) is 0. The minimum absolute atomic E-state index is 0.134. The van der Waals surface area contributed by atoms with Crippen LogP contribution in [0, 0.1) is 0 Å². The number of hydrogen-bond donors (Lipinski definition) is 0. The average molecular weight is 299 g/mol. The Hall–Kier alpha value is -0.690. The maximum absolute atomic E-state index is 11.7. The van der Waals surface area contributed by atoms with Gasteiger partial charge in [0.15, 0.2) is 0 Å². The van der Waals surface area contributed by atoms with Crippen molar-refractivity contribution >= 4 is 5.97 Å². The molecule has 0 radical (unpaired) electrons. The van der Waals surface area contributed by atoms with Crippen LogP contribution in [0.3, 0.4) is 0 Å². The van der Waals surface area contributed by atoms with E-state index in [1.807, 2.05) is 0 Å². The quantitative estimate of drug-likeness (QED) is 0.504. The second kappa shape index (κ2) is 8.68. The van der Waals surface area contributed by atoms with E-state index in [1.165, 1.54) is 26.2 Å². The fourth-order valence-electron chi connectivity index (χ4n) is 3.10. The lowest BCUT2D eigenvalue weighted by Crippen LogP contribution is -2.52. The summed E-state index contributed by atoms with van der Waals surface area (Å²) in [7, 11) is 3.80. The summed E-state index contributed by atoms with van der Waals surface area (Å²) < 4.78 is 9.99. The van der Waals surface area contributed by atoms with Gasteiger partial charge in [0.25, 0.3) is 0 Å². The van der Waals surface area contributed by atoms with Gasteiger partial charge >= 0.3 is 5.97 Å². The molecule has 2 aliphatic rings. The lowest BCUT2D eigenvalue weighted by molar-refractivity contribution is -0.146. The van der Waals surface area contributed by atoms with Gasteiger partial charge in [-0.05, 0) is 19.9 Å². The number of nitrogens with zero attached hydrogens (tertiary/aromatic N) is 3. The Kier molecular flexibility index (Phi) is 6.89. The van der Waals surface area contributed by atoms with Gasteiger partial charge in [0, 0.05) is 52.4 Å². The van der Waals surface area contributed by atoms with Crippen LogP contribution in [-0.4, -0.2) is 99.9 Å². The van der Waals surface area contributed by atoms with E-state index in [1.54, 1.807) is 7.11 Å². The fraction of sp³-hybridized carbons (Fsp3) is 0.933. The zero-order valence-corrected chi connectivity index (χ0v) is 13.4. The molecule has 6 nitrogen and oxygen atoms in total. The highest BCUT2D eigenvalue weighted by Crippen LogP contribution is 2.17. The number of ether oxygens (including phenoxy) is 2. The van der Waals surface area contributed by atoms with Crippen molar-refractivity contribution in [2.24, 2.45) is 0 Å². The largest absolute Gasteiger partial charge is 0.462 e. The summed E-state index contributed by atoms with van der Waals surface area (Å²) in [5.74, 6) is -0.134. The molecule has 0 aromatic carbocycles. The minimum Gasteiger partial charge on any atom is -0.462 e. The summed E-state index contributed by atoms with van der Waals surface area (Å²) in [4.78, 5) is 18.9. The van der Waals surface area contributed by atoms with Gasteiger partial charge in [0.1, 0.15) is 6.61 Å². The Bertz CT molecular complexity index is 311. The summed E-state index contributed by atoms with van der Waals surface area (Å²) in [6.45, 7) is 7.94. The third kappa shape index (κ3) is 5.54. The van der Waals surface area contributed by atoms with Gasteiger partial charge in [-0.3, -0.25) is 14.6 Å². The first kappa shape index (κ1) is 16.7. The normalized spacial score (nSPS) is 23.3. The molecule has 0 atom stereocenters. The Morgan fingerprint density at radius 2 is 1.71 bits per heavy atom. The molecule has 21 heavy (non-hydrogen) atoms. The Morgan fingerprint density at radius 1 is 1.05 bits per heavy atom. The highest BCUT2D eigenvalue weighted by molar-refractivity contribution is 5.71. The lowest BCUT2D eigenvalue weighted by atomic mass is 10.0. The van der Waals surface area contributed by atoms with Gasteiger partial charge in [-0.2, -0.15) is 0 Å². The van der Waals surface area contributed by atoms with Crippen molar-refractivity contribution in [2.45, 2.75) is 18.9 Å². The standard InChI is InChI=1S/C15H29N3O3/c1-16-7-9-18(10-8-16)14-3-5-17(6-4-14)13-15(19)21-12-11-20-2/h14H,3-13H2,1-2H3. The predicted molar refractivity (Wildman–Crippen MR) is 81.4 cm³/mol. The van der Waals surface area contributed by atoms with Gasteiger partial charge in [-0.25, -0.2) is 0 Å². The molecule has 0 aromatic heterocycles. The van der Waals surface area contributed by atoms with Gasteiger partial charge in [0.05, 0.1) is 13.2 Å². The maximum atomic E-state index is 11.7. The van der Waals surface area contributed by atoms with E-state index in [9.17, 15) is 4.79 Å². The molecule has 0 amide bonds. The molecule has 122 valence electrons. The van der Waals surface area contributed by atoms with Crippen molar-refractivity contribution in [3.8, 4) is 0 Å². The lowest BCUT2D eigenvalue weighted by Gasteiger charge is -2.41. The minimum atomic E-state index is -0.134. The van der Waals surface area contributed by atoms with E-state index in [4.69, 9.17) is 9.47 Å². The molecule has 0 spiro atoms. The number of esters is 1. The first-order valence-corrected chi connectivity index (χ1v) is 7.98. The van der Waals surface area contributed by atoms with Gasteiger partial charge in [-0.1, -0.05) is 0 Å². The van der Waals surface area contributed by atoms with Gasteiger partial charge in [0.2, 0.25) is 0 Å². The number of methoxy groups -OCH3 is 1. The van der Waals surface area contributed by atoms with Gasteiger partial charge < -0.3 is 14.4 Å². The molecule has 2 fully saturated rings.